The third-order valence-electron chi connectivity index (χ3n) is 2.55. The fourth-order valence-corrected chi connectivity index (χ4v) is 1.68. The van der Waals surface area contributed by atoms with E-state index >= 15 is 0 Å². The van der Waals surface area contributed by atoms with Crippen molar-refractivity contribution in [2.75, 3.05) is 32.5 Å². The molecule has 20 heavy (non-hydrogen) atoms. The summed E-state index contributed by atoms with van der Waals surface area (Å²) >= 11 is 5.93. The van der Waals surface area contributed by atoms with Gasteiger partial charge < -0.3 is 10.2 Å². The Kier molecular flexibility index (Phi) is 5.24. The highest BCUT2D eigenvalue weighted by Crippen LogP contribution is 2.32. The monoisotopic (exact) mass is 301 g/mol. The average molecular weight is 302 g/mol. The van der Waals surface area contributed by atoms with Crippen molar-refractivity contribution in [3.63, 3.8) is 0 Å². The SMILES string of the molecule is CN(C)CCNc1nc(C(C)(C)C)nc(Cl)c1[N+](=O)[O-]. The van der Waals surface area contributed by atoms with Crippen LogP contribution in [0, 0.1) is 10.1 Å². The van der Waals surface area contributed by atoms with Crippen LogP contribution in [-0.4, -0.2) is 47.0 Å². The minimum atomic E-state index is -0.563. The zero-order valence-corrected chi connectivity index (χ0v) is 13.2. The molecule has 1 aromatic heterocycles. The van der Waals surface area contributed by atoms with E-state index in [1.54, 1.807) is 0 Å². The molecular weight excluding hydrogens is 282 g/mol. The number of anilines is 1. The van der Waals surface area contributed by atoms with Crippen LogP contribution in [0.3, 0.4) is 0 Å². The first-order valence-electron chi connectivity index (χ1n) is 6.24. The molecular formula is C12H20ClN5O2. The van der Waals surface area contributed by atoms with Gasteiger partial charge in [0.1, 0.15) is 5.82 Å². The van der Waals surface area contributed by atoms with Gasteiger partial charge in [-0.15, -0.1) is 0 Å². The van der Waals surface area contributed by atoms with E-state index in [1.165, 1.54) is 0 Å². The summed E-state index contributed by atoms with van der Waals surface area (Å²) in [4.78, 5) is 20.8. The highest BCUT2D eigenvalue weighted by molar-refractivity contribution is 6.31. The number of likely N-dealkylation sites (N-methyl/N-ethyl adjacent to an activating group) is 1. The van der Waals surface area contributed by atoms with Gasteiger partial charge in [-0.05, 0) is 14.1 Å². The van der Waals surface area contributed by atoms with Gasteiger partial charge in [-0.3, -0.25) is 10.1 Å². The third kappa shape index (κ3) is 4.28. The molecule has 1 aromatic rings. The van der Waals surface area contributed by atoms with E-state index in [4.69, 9.17) is 11.6 Å². The maximum atomic E-state index is 11.1. The first kappa shape index (κ1) is 16.6. The number of halogens is 1. The maximum Gasteiger partial charge on any atom is 0.348 e. The van der Waals surface area contributed by atoms with Gasteiger partial charge >= 0.3 is 5.69 Å². The summed E-state index contributed by atoms with van der Waals surface area (Å²) in [7, 11) is 3.84. The van der Waals surface area contributed by atoms with Crippen LogP contribution in [0.25, 0.3) is 0 Å². The van der Waals surface area contributed by atoms with Crippen molar-refractivity contribution in [2.45, 2.75) is 26.2 Å². The predicted octanol–water partition coefficient (Wildman–Crippen LogP) is 2.31. The molecule has 112 valence electrons. The van der Waals surface area contributed by atoms with Crippen LogP contribution >= 0.6 is 11.6 Å². The van der Waals surface area contributed by atoms with E-state index in [0.717, 1.165) is 6.54 Å². The summed E-state index contributed by atoms with van der Waals surface area (Å²) in [5.41, 5.74) is -0.616. The van der Waals surface area contributed by atoms with Crippen molar-refractivity contribution in [3.05, 3.63) is 21.1 Å². The van der Waals surface area contributed by atoms with Gasteiger partial charge in [0, 0.05) is 18.5 Å². The van der Waals surface area contributed by atoms with Gasteiger partial charge in [-0.1, -0.05) is 32.4 Å². The minimum Gasteiger partial charge on any atom is -0.363 e. The molecule has 0 amide bonds. The molecule has 0 aromatic carbocycles. The largest absolute Gasteiger partial charge is 0.363 e. The molecule has 0 saturated heterocycles. The lowest BCUT2D eigenvalue weighted by atomic mass is 9.96. The first-order valence-corrected chi connectivity index (χ1v) is 6.61. The number of aromatic nitrogens is 2. The average Bonchev–Trinajstić information content (AvgIpc) is 2.25. The van der Waals surface area contributed by atoms with E-state index in [1.807, 2.05) is 39.8 Å². The summed E-state index contributed by atoms with van der Waals surface area (Å²) < 4.78 is 0. The van der Waals surface area contributed by atoms with Crippen LogP contribution in [0.1, 0.15) is 26.6 Å². The van der Waals surface area contributed by atoms with E-state index in [2.05, 4.69) is 15.3 Å². The van der Waals surface area contributed by atoms with Crippen LogP contribution in [0.4, 0.5) is 11.5 Å². The summed E-state index contributed by atoms with van der Waals surface area (Å²) in [6.45, 7) is 7.03. The fourth-order valence-electron chi connectivity index (χ4n) is 1.45. The van der Waals surface area contributed by atoms with Crippen LogP contribution in [0.15, 0.2) is 0 Å². The summed E-state index contributed by atoms with van der Waals surface area (Å²) in [6, 6.07) is 0. The van der Waals surface area contributed by atoms with Crippen molar-refractivity contribution in [1.82, 2.24) is 14.9 Å². The van der Waals surface area contributed by atoms with Gasteiger partial charge in [0.25, 0.3) is 0 Å². The van der Waals surface area contributed by atoms with Crippen molar-refractivity contribution in [2.24, 2.45) is 0 Å². The van der Waals surface area contributed by atoms with Crippen LogP contribution in [0.2, 0.25) is 5.15 Å². The number of nitrogens with zero attached hydrogens (tertiary/aromatic N) is 4. The molecule has 0 fully saturated rings. The Morgan fingerprint density at radius 1 is 1.35 bits per heavy atom. The second-order valence-corrected chi connectivity index (χ2v) is 6.13. The van der Waals surface area contributed by atoms with Gasteiger partial charge in [0.2, 0.25) is 11.0 Å². The first-order chi connectivity index (χ1) is 9.12. The Hall–Kier alpha value is -1.47. The number of nitrogens with one attached hydrogen (secondary N) is 1. The highest BCUT2D eigenvalue weighted by atomic mass is 35.5. The van der Waals surface area contributed by atoms with Crippen molar-refractivity contribution >= 4 is 23.1 Å². The summed E-state index contributed by atoms with van der Waals surface area (Å²) in [5, 5.41) is 13.9. The molecule has 0 aliphatic rings. The summed E-state index contributed by atoms with van der Waals surface area (Å²) in [5.74, 6) is 0.641. The van der Waals surface area contributed by atoms with E-state index in [0.29, 0.717) is 12.4 Å². The fraction of sp³-hybridized carbons (Fsp3) is 0.667. The molecule has 0 aliphatic carbocycles. The minimum absolute atomic E-state index is 0.137. The van der Waals surface area contributed by atoms with Gasteiger partial charge in [-0.25, -0.2) is 9.97 Å². The number of hydrogen-bond acceptors (Lipinski definition) is 6. The Morgan fingerprint density at radius 2 is 1.95 bits per heavy atom. The normalized spacial score (nSPS) is 11.8. The Balaban J connectivity index is 3.16. The summed E-state index contributed by atoms with van der Waals surface area (Å²) in [6.07, 6.45) is 0. The Labute approximate surface area is 123 Å². The Morgan fingerprint density at radius 3 is 2.40 bits per heavy atom. The van der Waals surface area contributed by atoms with Crippen LogP contribution in [-0.2, 0) is 5.41 Å². The molecule has 0 aliphatic heterocycles. The van der Waals surface area contributed by atoms with E-state index < -0.39 is 4.92 Å². The Bertz CT molecular complexity index is 499. The molecule has 1 heterocycles. The smallest absolute Gasteiger partial charge is 0.348 e. The highest BCUT2D eigenvalue weighted by Gasteiger charge is 2.27. The lowest BCUT2D eigenvalue weighted by Gasteiger charge is -2.18. The molecule has 0 atom stereocenters. The van der Waals surface area contributed by atoms with Gasteiger partial charge in [0.05, 0.1) is 4.92 Å². The van der Waals surface area contributed by atoms with Crippen LogP contribution < -0.4 is 5.32 Å². The lowest BCUT2D eigenvalue weighted by molar-refractivity contribution is -0.384. The van der Waals surface area contributed by atoms with E-state index in [-0.39, 0.29) is 22.1 Å². The topological polar surface area (TPSA) is 84.2 Å². The maximum absolute atomic E-state index is 11.1. The number of rotatable bonds is 5. The molecule has 7 nitrogen and oxygen atoms in total. The zero-order chi connectivity index (χ0) is 15.5. The molecule has 0 unspecified atom stereocenters. The molecule has 1 rings (SSSR count). The van der Waals surface area contributed by atoms with Crippen LogP contribution in [0.5, 0.6) is 0 Å². The van der Waals surface area contributed by atoms with Crippen molar-refractivity contribution < 1.29 is 4.92 Å². The van der Waals surface area contributed by atoms with Gasteiger partial charge in [-0.2, -0.15) is 0 Å². The lowest BCUT2D eigenvalue weighted by Crippen LogP contribution is -2.23. The quantitative estimate of drug-likeness (QED) is 0.510. The molecule has 0 saturated carbocycles. The van der Waals surface area contributed by atoms with Crippen molar-refractivity contribution in [3.8, 4) is 0 Å². The molecule has 1 N–H and O–H groups in total. The van der Waals surface area contributed by atoms with Crippen molar-refractivity contribution in [1.29, 1.82) is 0 Å². The number of nitro groups is 1. The molecule has 8 heteroatoms. The van der Waals surface area contributed by atoms with E-state index in [9.17, 15) is 10.1 Å². The molecule has 0 bridgehead atoms. The number of hydrogen-bond donors (Lipinski definition) is 1. The zero-order valence-electron chi connectivity index (χ0n) is 12.4. The standard InChI is InChI=1S/C12H20ClN5O2/c1-12(2,3)11-15-9(13)8(18(19)20)10(16-11)14-6-7-17(4)5/h6-7H2,1-5H3,(H,14,15,16). The molecule has 0 radical (unpaired) electrons. The predicted molar refractivity (Wildman–Crippen MR) is 79.4 cm³/mol. The third-order valence-corrected chi connectivity index (χ3v) is 2.81. The second-order valence-electron chi connectivity index (χ2n) is 5.77. The van der Waals surface area contributed by atoms with Gasteiger partial charge in [0.15, 0.2) is 0 Å². The molecule has 0 spiro atoms. The second kappa shape index (κ2) is 6.32.